The first-order valence-corrected chi connectivity index (χ1v) is 7.33. The zero-order valence-electron chi connectivity index (χ0n) is 12.6. The summed E-state index contributed by atoms with van der Waals surface area (Å²) < 4.78 is 13.9. The lowest BCUT2D eigenvalue weighted by molar-refractivity contribution is -0.136. The van der Waals surface area contributed by atoms with Crippen molar-refractivity contribution in [3.8, 4) is 0 Å². The van der Waals surface area contributed by atoms with Crippen LogP contribution in [0.4, 0.5) is 4.39 Å². The molecule has 2 aliphatic rings. The van der Waals surface area contributed by atoms with Crippen molar-refractivity contribution in [2.24, 2.45) is 11.8 Å². The molecule has 0 amide bonds. The molecule has 0 aromatic rings. The fourth-order valence-corrected chi connectivity index (χ4v) is 2.60. The molecule has 20 heavy (non-hydrogen) atoms. The van der Waals surface area contributed by atoms with Gasteiger partial charge in [-0.2, -0.15) is 0 Å². The van der Waals surface area contributed by atoms with E-state index >= 15 is 0 Å². The first kappa shape index (κ1) is 16.7. The third kappa shape index (κ3) is 5.72. The molecule has 1 N–H and O–H groups in total. The molecule has 112 valence electrons. The monoisotopic (exact) mass is 280 g/mol. The highest BCUT2D eigenvalue weighted by Gasteiger charge is 2.26. The maximum absolute atomic E-state index is 13.9. The summed E-state index contributed by atoms with van der Waals surface area (Å²) in [5.74, 6) is 0.627. The van der Waals surface area contributed by atoms with Crippen molar-refractivity contribution in [1.29, 1.82) is 0 Å². The third-order valence-electron chi connectivity index (χ3n) is 3.74. The second-order valence-corrected chi connectivity index (χ2v) is 5.88. The normalized spacial score (nSPS) is 32.1. The summed E-state index contributed by atoms with van der Waals surface area (Å²) in [5, 5.41) is 7.72. The highest BCUT2D eigenvalue weighted by Crippen LogP contribution is 2.37. The number of rotatable bonds is 2. The molecule has 0 radical (unpaired) electrons. The first-order valence-electron chi connectivity index (χ1n) is 7.33. The molecule has 0 heterocycles. The van der Waals surface area contributed by atoms with E-state index in [1.807, 2.05) is 12.2 Å². The van der Waals surface area contributed by atoms with Gasteiger partial charge in [-0.1, -0.05) is 38.5 Å². The lowest BCUT2D eigenvalue weighted by Gasteiger charge is -2.15. The van der Waals surface area contributed by atoms with Crippen LogP contribution in [0.2, 0.25) is 0 Å². The molecule has 1 fully saturated rings. The summed E-state index contributed by atoms with van der Waals surface area (Å²) in [6.45, 7) is 5.51. The Kier molecular flexibility index (Phi) is 6.18. The number of carbonyl (C=O) groups is 1. The lowest BCUT2D eigenvalue weighted by Crippen LogP contribution is -2.11. The minimum absolute atomic E-state index is 0.222. The Morgan fingerprint density at radius 3 is 2.60 bits per heavy atom. The summed E-state index contributed by atoms with van der Waals surface area (Å²) in [6.07, 6.45) is 13.2. The SMILES string of the molecule is CC1CCC(C2=CC(C)(F)C=CC=C2)C1.CCC(=O)O. The van der Waals surface area contributed by atoms with E-state index in [2.05, 4.69) is 13.0 Å². The molecule has 3 heteroatoms. The predicted molar refractivity (Wildman–Crippen MR) is 80.3 cm³/mol. The molecule has 0 aromatic carbocycles. The van der Waals surface area contributed by atoms with Gasteiger partial charge in [-0.3, -0.25) is 4.79 Å². The Labute approximate surface area is 121 Å². The van der Waals surface area contributed by atoms with Gasteiger partial charge in [-0.25, -0.2) is 4.39 Å². The van der Waals surface area contributed by atoms with Crippen LogP contribution in [-0.4, -0.2) is 16.7 Å². The second kappa shape index (κ2) is 7.41. The summed E-state index contributed by atoms with van der Waals surface area (Å²) in [4.78, 5) is 9.37. The molecular formula is C17H25FO2. The third-order valence-corrected chi connectivity index (χ3v) is 3.74. The second-order valence-electron chi connectivity index (χ2n) is 5.88. The van der Waals surface area contributed by atoms with E-state index in [1.54, 1.807) is 26.0 Å². The van der Waals surface area contributed by atoms with E-state index in [0.717, 1.165) is 5.92 Å². The zero-order valence-corrected chi connectivity index (χ0v) is 12.6. The molecule has 3 unspecified atom stereocenters. The quantitative estimate of drug-likeness (QED) is 0.797. The topological polar surface area (TPSA) is 37.3 Å². The Hall–Kier alpha value is -1.38. The number of hydrogen-bond donors (Lipinski definition) is 1. The van der Waals surface area contributed by atoms with Crippen molar-refractivity contribution >= 4 is 5.97 Å². The number of halogens is 1. The molecule has 2 nitrogen and oxygen atoms in total. The van der Waals surface area contributed by atoms with E-state index in [9.17, 15) is 9.18 Å². The highest BCUT2D eigenvalue weighted by atomic mass is 19.1. The summed E-state index contributed by atoms with van der Waals surface area (Å²) in [6, 6.07) is 0. The molecular weight excluding hydrogens is 255 g/mol. The number of carboxylic acid groups (broad SMARTS) is 1. The van der Waals surface area contributed by atoms with Gasteiger partial charge < -0.3 is 5.11 Å². The van der Waals surface area contributed by atoms with Gasteiger partial charge in [0, 0.05) is 6.42 Å². The molecule has 0 saturated heterocycles. The van der Waals surface area contributed by atoms with Crippen LogP contribution < -0.4 is 0 Å². The Balaban J connectivity index is 0.000000347. The van der Waals surface area contributed by atoms with Gasteiger partial charge in [0.25, 0.3) is 0 Å². The lowest BCUT2D eigenvalue weighted by atomic mass is 9.93. The number of carboxylic acids is 1. The van der Waals surface area contributed by atoms with Crippen molar-refractivity contribution in [1.82, 2.24) is 0 Å². The van der Waals surface area contributed by atoms with E-state index in [0.29, 0.717) is 5.92 Å². The van der Waals surface area contributed by atoms with Gasteiger partial charge in [-0.05, 0) is 49.3 Å². The van der Waals surface area contributed by atoms with Crippen molar-refractivity contribution in [3.05, 3.63) is 36.0 Å². The Morgan fingerprint density at radius 2 is 2.10 bits per heavy atom. The number of allylic oxidation sites excluding steroid dienone is 6. The van der Waals surface area contributed by atoms with Crippen LogP contribution in [0.5, 0.6) is 0 Å². The van der Waals surface area contributed by atoms with E-state index < -0.39 is 11.6 Å². The highest BCUT2D eigenvalue weighted by molar-refractivity contribution is 5.66. The fourth-order valence-electron chi connectivity index (χ4n) is 2.60. The van der Waals surface area contributed by atoms with E-state index in [1.165, 1.54) is 24.8 Å². The fraction of sp³-hybridized carbons (Fsp3) is 0.588. The number of hydrogen-bond acceptors (Lipinski definition) is 1. The molecule has 3 atom stereocenters. The largest absolute Gasteiger partial charge is 0.481 e. The maximum atomic E-state index is 13.9. The number of aliphatic carboxylic acids is 1. The number of alkyl halides is 1. The van der Waals surface area contributed by atoms with E-state index in [-0.39, 0.29) is 6.42 Å². The van der Waals surface area contributed by atoms with Gasteiger partial charge in [0.1, 0.15) is 5.67 Å². The predicted octanol–water partition coefficient (Wildman–Crippen LogP) is 4.68. The summed E-state index contributed by atoms with van der Waals surface area (Å²) >= 11 is 0. The minimum atomic E-state index is -1.27. The van der Waals surface area contributed by atoms with Gasteiger partial charge >= 0.3 is 5.97 Å². The summed E-state index contributed by atoms with van der Waals surface area (Å²) in [7, 11) is 0. The summed E-state index contributed by atoms with van der Waals surface area (Å²) in [5.41, 5.74) is -0.0839. The van der Waals surface area contributed by atoms with Crippen LogP contribution in [0.1, 0.15) is 46.5 Å². The van der Waals surface area contributed by atoms with Crippen molar-refractivity contribution in [2.75, 3.05) is 0 Å². The van der Waals surface area contributed by atoms with Crippen LogP contribution in [0.3, 0.4) is 0 Å². The Bertz CT molecular complexity index is 419. The van der Waals surface area contributed by atoms with E-state index in [4.69, 9.17) is 5.11 Å². The van der Waals surface area contributed by atoms with Crippen molar-refractivity contribution < 1.29 is 14.3 Å². The van der Waals surface area contributed by atoms with Crippen molar-refractivity contribution in [3.63, 3.8) is 0 Å². The molecule has 1 saturated carbocycles. The first-order chi connectivity index (χ1) is 9.34. The van der Waals surface area contributed by atoms with Gasteiger partial charge in [0.2, 0.25) is 0 Å². The molecule has 0 bridgehead atoms. The standard InChI is InChI=1S/C14H19F.C3H6O2/c1-11-6-7-12(9-11)13-5-3-4-8-14(2,15)10-13;1-2-3(4)5/h3-5,8,10-12H,6-7,9H2,1-2H3;2H2,1H3,(H,4,5). The molecule has 0 aliphatic heterocycles. The molecule has 0 aromatic heterocycles. The molecule has 2 rings (SSSR count). The van der Waals surface area contributed by atoms with Crippen LogP contribution in [0, 0.1) is 11.8 Å². The van der Waals surface area contributed by atoms with Gasteiger partial charge in [0.05, 0.1) is 0 Å². The zero-order chi connectivity index (χ0) is 15.2. The molecule has 2 aliphatic carbocycles. The van der Waals surface area contributed by atoms with Crippen LogP contribution >= 0.6 is 0 Å². The van der Waals surface area contributed by atoms with Crippen LogP contribution in [0.15, 0.2) is 36.0 Å². The van der Waals surface area contributed by atoms with Crippen LogP contribution in [0.25, 0.3) is 0 Å². The Morgan fingerprint density at radius 1 is 1.45 bits per heavy atom. The van der Waals surface area contributed by atoms with Crippen LogP contribution in [-0.2, 0) is 4.79 Å². The maximum Gasteiger partial charge on any atom is 0.303 e. The van der Waals surface area contributed by atoms with Gasteiger partial charge in [-0.15, -0.1) is 0 Å². The van der Waals surface area contributed by atoms with Gasteiger partial charge in [0.15, 0.2) is 0 Å². The smallest absolute Gasteiger partial charge is 0.303 e. The van der Waals surface area contributed by atoms with Crippen molar-refractivity contribution in [2.45, 2.75) is 52.1 Å². The average Bonchev–Trinajstić information content (AvgIpc) is 2.71. The molecule has 0 spiro atoms. The minimum Gasteiger partial charge on any atom is -0.481 e. The average molecular weight is 280 g/mol.